The van der Waals surface area contributed by atoms with Crippen LogP contribution >= 0.6 is 0 Å². The van der Waals surface area contributed by atoms with Crippen molar-refractivity contribution in [3.8, 4) is 0 Å². The number of carbonyl (C=O) groups is 1. The van der Waals surface area contributed by atoms with Gasteiger partial charge in [0.1, 0.15) is 5.56 Å². The number of hydrogen-bond donors (Lipinski definition) is 1. The smallest absolute Gasteiger partial charge is 0.259 e. The number of aryl methyl sites for hydroxylation is 1. The molecule has 18 heavy (non-hydrogen) atoms. The van der Waals surface area contributed by atoms with Gasteiger partial charge < -0.3 is 14.5 Å². The fourth-order valence-corrected chi connectivity index (χ4v) is 2.23. The molecule has 0 saturated carbocycles. The Hall–Kier alpha value is -1.36. The van der Waals surface area contributed by atoms with Gasteiger partial charge in [-0.05, 0) is 13.3 Å². The van der Waals surface area contributed by atoms with Crippen molar-refractivity contribution in [1.29, 1.82) is 0 Å². The number of likely N-dealkylation sites (tertiary alicyclic amines) is 1. The topological polar surface area (TPSA) is 66.6 Å². The first-order chi connectivity index (χ1) is 8.38. The monoisotopic (exact) mass is 252 g/mol. The van der Waals surface area contributed by atoms with Gasteiger partial charge in [-0.2, -0.15) is 0 Å². The summed E-state index contributed by atoms with van der Waals surface area (Å²) in [5, 5.41) is 13.8. The first-order valence-electron chi connectivity index (χ1n) is 6.36. The summed E-state index contributed by atoms with van der Waals surface area (Å²) >= 11 is 0. The summed E-state index contributed by atoms with van der Waals surface area (Å²) in [5.41, 5.74) is 0.470. The van der Waals surface area contributed by atoms with Crippen LogP contribution in [0.2, 0.25) is 0 Å². The van der Waals surface area contributed by atoms with Crippen LogP contribution in [0.3, 0.4) is 0 Å². The number of nitrogens with zero attached hydrogens (tertiary/aromatic N) is 2. The van der Waals surface area contributed by atoms with Crippen molar-refractivity contribution >= 4 is 5.91 Å². The third-order valence-electron chi connectivity index (χ3n) is 3.54. The van der Waals surface area contributed by atoms with E-state index in [2.05, 4.69) is 5.16 Å². The molecular weight excluding hydrogens is 232 g/mol. The molecule has 0 aromatic carbocycles. The minimum Gasteiger partial charge on any atom is -0.386 e. The van der Waals surface area contributed by atoms with Crippen LogP contribution in [0.4, 0.5) is 0 Å². The van der Waals surface area contributed by atoms with Crippen LogP contribution in [0.25, 0.3) is 0 Å². The number of aliphatic hydroxyl groups is 1. The van der Waals surface area contributed by atoms with Crippen LogP contribution in [-0.4, -0.2) is 39.8 Å². The first kappa shape index (κ1) is 13.1. The van der Waals surface area contributed by atoms with E-state index in [0.29, 0.717) is 36.5 Å². The van der Waals surface area contributed by atoms with Gasteiger partial charge in [-0.15, -0.1) is 0 Å². The third-order valence-corrected chi connectivity index (χ3v) is 3.54. The lowest BCUT2D eigenvalue weighted by Crippen LogP contribution is -2.63. The van der Waals surface area contributed by atoms with Crippen LogP contribution in [-0.2, 0) is 0 Å². The summed E-state index contributed by atoms with van der Waals surface area (Å²) in [4.78, 5) is 14.0. The number of amides is 1. The van der Waals surface area contributed by atoms with E-state index in [0.717, 1.165) is 0 Å². The molecule has 0 spiro atoms. The van der Waals surface area contributed by atoms with Gasteiger partial charge in [-0.1, -0.05) is 25.9 Å². The average Bonchev–Trinajstić information content (AvgIpc) is 2.66. The maximum absolute atomic E-state index is 12.4. The summed E-state index contributed by atoms with van der Waals surface area (Å²) in [7, 11) is 0. The SMILES string of the molecule is CCC1(O)CN(C(=O)c2c(C)noc2C(C)C)C1. The van der Waals surface area contributed by atoms with E-state index in [1.165, 1.54) is 0 Å². The molecule has 1 aromatic heterocycles. The Bertz CT molecular complexity index is 459. The zero-order valence-corrected chi connectivity index (χ0v) is 11.4. The van der Waals surface area contributed by atoms with Crippen molar-refractivity contribution in [2.75, 3.05) is 13.1 Å². The third kappa shape index (κ3) is 2.03. The Morgan fingerprint density at radius 1 is 1.56 bits per heavy atom. The molecule has 0 atom stereocenters. The van der Waals surface area contributed by atoms with Gasteiger partial charge in [0.2, 0.25) is 0 Å². The average molecular weight is 252 g/mol. The zero-order valence-electron chi connectivity index (χ0n) is 11.4. The summed E-state index contributed by atoms with van der Waals surface area (Å²) in [5.74, 6) is 0.663. The van der Waals surface area contributed by atoms with Gasteiger partial charge in [0.05, 0.1) is 24.4 Å². The van der Waals surface area contributed by atoms with Crippen LogP contribution < -0.4 is 0 Å². The Balaban J connectivity index is 2.18. The molecule has 100 valence electrons. The fraction of sp³-hybridized carbons (Fsp3) is 0.692. The van der Waals surface area contributed by atoms with Crippen molar-refractivity contribution in [3.05, 3.63) is 17.0 Å². The molecule has 0 aliphatic carbocycles. The Morgan fingerprint density at radius 3 is 2.67 bits per heavy atom. The molecule has 1 fully saturated rings. The molecule has 2 rings (SSSR count). The summed E-state index contributed by atoms with van der Waals surface area (Å²) in [6, 6.07) is 0. The van der Waals surface area contributed by atoms with Crippen molar-refractivity contribution in [1.82, 2.24) is 10.1 Å². The predicted molar refractivity (Wildman–Crippen MR) is 66.5 cm³/mol. The van der Waals surface area contributed by atoms with E-state index in [1.54, 1.807) is 11.8 Å². The summed E-state index contributed by atoms with van der Waals surface area (Å²) in [6.07, 6.45) is 0.663. The molecule has 0 bridgehead atoms. The molecule has 1 aromatic rings. The molecular formula is C13H20N2O3. The lowest BCUT2D eigenvalue weighted by Gasteiger charge is -2.46. The van der Waals surface area contributed by atoms with Crippen LogP contribution in [0.1, 0.15) is 54.9 Å². The number of hydrogen-bond acceptors (Lipinski definition) is 4. The van der Waals surface area contributed by atoms with E-state index < -0.39 is 5.60 Å². The first-order valence-corrected chi connectivity index (χ1v) is 6.36. The Kier molecular flexibility index (Phi) is 3.19. The van der Waals surface area contributed by atoms with Crippen LogP contribution in [0, 0.1) is 6.92 Å². The van der Waals surface area contributed by atoms with Crippen molar-refractivity contribution < 1.29 is 14.4 Å². The lowest BCUT2D eigenvalue weighted by molar-refractivity contribution is -0.0827. The molecule has 0 unspecified atom stereocenters. The molecule has 1 aliphatic heterocycles. The van der Waals surface area contributed by atoms with Gasteiger partial charge in [0.25, 0.3) is 5.91 Å². The molecule has 0 radical (unpaired) electrons. The quantitative estimate of drug-likeness (QED) is 0.889. The van der Waals surface area contributed by atoms with E-state index in [4.69, 9.17) is 4.52 Å². The standard InChI is InChI=1S/C13H20N2O3/c1-5-13(17)6-15(7-13)12(16)10-9(4)14-18-11(10)8(2)3/h8,17H,5-7H2,1-4H3. The number of rotatable bonds is 3. The van der Waals surface area contributed by atoms with Crippen molar-refractivity contribution in [2.45, 2.75) is 45.6 Å². The number of β-amino-alcohol motifs (C(OH)–C–C–N with tert-alkyl or cyclic N) is 1. The Labute approximate surface area is 107 Å². The molecule has 1 amide bonds. The summed E-state index contributed by atoms with van der Waals surface area (Å²) in [6.45, 7) is 8.42. The normalized spacial score (nSPS) is 18.0. The van der Waals surface area contributed by atoms with Gasteiger partial charge in [0, 0.05) is 5.92 Å². The second-order valence-corrected chi connectivity index (χ2v) is 5.40. The highest BCUT2D eigenvalue weighted by Gasteiger charge is 2.43. The number of carbonyl (C=O) groups excluding carboxylic acids is 1. The highest BCUT2D eigenvalue weighted by atomic mass is 16.5. The van der Waals surface area contributed by atoms with E-state index in [1.807, 2.05) is 20.8 Å². The van der Waals surface area contributed by atoms with Gasteiger partial charge in [-0.3, -0.25) is 4.79 Å². The zero-order chi connectivity index (χ0) is 13.5. The van der Waals surface area contributed by atoms with Gasteiger partial charge in [-0.25, -0.2) is 0 Å². The van der Waals surface area contributed by atoms with Crippen molar-refractivity contribution in [3.63, 3.8) is 0 Å². The molecule has 5 nitrogen and oxygen atoms in total. The summed E-state index contributed by atoms with van der Waals surface area (Å²) < 4.78 is 5.22. The fourth-order valence-electron chi connectivity index (χ4n) is 2.23. The molecule has 1 N–H and O–H groups in total. The predicted octanol–water partition coefficient (Wildman–Crippen LogP) is 1.70. The second-order valence-electron chi connectivity index (χ2n) is 5.40. The minimum absolute atomic E-state index is 0.0874. The van der Waals surface area contributed by atoms with E-state index in [9.17, 15) is 9.90 Å². The highest BCUT2D eigenvalue weighted by molar-refractivity contribution is 5.97. The van der Waals surface area contributed by atoms with E-state index >= 15 is 0 Å². The van der Waals surface area contributed by atoms with Gasteiger partial charge >= 0.3 is 0 Å². The molecule has 2 heterocycles. The van der Waals surface area contributed by atoms with E-state index in [-0.39, 0.29) is 11.8 Å². The largest absolute Gasteiger partial charge is 0.386 e. The van der Waals surface area contributed by atoms with Crippen molar-refractivity contribution in [2.24, 2.45) is 0 Å². The lowest BCUT2D eigenvalue weighted by atomic mass is 9.90. The van der Waals surface area contributed by atoms with Gasteiger partial charge in [0.15, 0.2) is 5.76 Å². The Morgan fingerprint density at radius 2 is 2.17 bits per heavy atom. The number of aromatic nitrogens is 1. The molecule has 5 heteroatoms. The minimum atomic E-state index is -0.710. The maximum Gasteiger partial charge on any atom is 0.259 e. The van der Waals surface area contributed by atoms with Crippen LogP contribution in [0.15, 0.2) is 4.52 Å². The van der Waals surface area contributed by atoms with Crippen LogP contribution in [0.5, 0.6) is 0 Å². The molecule has 1 saturated heterocycles. The maximum atomic E-state index is 12.4. The second kappa shape index (κ2) is 4.39. The highest BCUT2D eigenvalue weighted by Crippen LogP contribution is 2.29. The molecule has 1 aliphatic rings.